The average molecular weight is 491 g/mol. The van der Waals surface area contributed by atoms with Crippen molar-refractivity contribution in [1.82, 2.24) is 20.4 Å². The summed E-state index contributed by atoms with van der Waals surface area (Å²) in [5.74, 6) is 3.29. The summed E-state index contributed by atoms with van der Waals surface area (Å²) in [5.41, 5.74) is 1.16. The van der Waals surface area contributed by atoms with Gasteiger partial charge in [0.2, 0.25) is 17.6 Å². The van der Waals surface area contributed by atoms with E-state index in [0.717, 1.165) is 59.3 Å². The molecule has 1 N–H and O–H groups in total. The fourth-order valence-electron chi connectivity index (χ4n) is 3.76. The maximum atomic E-state index is 12.6. The minimum Gasteiger partial charge on any atom is -0.356 e. The lowest BCUT2D eigenvalue weighted by Gasteiger charge is -2.30. The van der Waals surface area contributed by atoms with Crippen molar-refractivity contribution in [2.75, 3.05) is 25.4 Å². The third-order valence-electron chi connectivity index (χ3n) is 5.42. The van der Waals surface area contributed by atoms with E-state index in [4.69, 9.17) is 16.1 Å². The van der Waals surface area contributed by atoms with Crippen molar-refractivity contribution in [2.45, 2.75) is 31.6 Å². The molecule has 0 spiro atoms. The number of thiophene rings is 1. The fraction of sp³-hybridized carbons (Fsp3) is 0.435. The zero-order chi connectivity index (χ0) is 22.2. The molecular weight excluding hydrogens is 464 g/mol. The van der Waals surface area contributed by atoms with E-state index in [0.29, 0.717) is 24.8 Å². The second-order valence-electron chi connectivity index (χ2n) is 7.85. The zero-order valence-corrected chi connectivity index (χ0v) is 20.2. The Labute approximate surface area is 201 Å². The molecule has 1 aromatic carbocycles. The highest BCUT2D eigenvalue weighted by Gasteiger charge is 2.26. The molecule has 1 aliphatic rings. The van der Waals surface area contributed by atoms with Gasteiger partial charge in [-0.3, -0.25) is 9.69 Å². The van der Waals surface area contributed by atoms with Crippen molar-refractivity contribution in [2.24, 2.45) is 5.92 Å². The summed E-state index contributed by atoms with van der Waals surface area (Å²) in [4.78, 5) is 20.4. The Bertz CT molecular complexity index is 996. The number of aromatic nitrogens is 2. The van der Waals surface area contributed by atoms with Crippen LogP contribution in [0.4, 0.5) is 0 Å². The number of nitrogens with one attached hydrogen (secondary N) is 1. The second-order valence-corrected chi connectivity index (χ2v) is 10.3. The number of piperidine rings is 1. The average Bonchev–Trinajstić information content (AvgIpc) is 3.49. The van der Waals surface area contributed by atoms with Crippen LogP contribution in [0.15, 0.2) is 46.3 Å². The largest absolute Gasteiger partial charge is 0.356 e. The normalized spacial score (nSPS) is 16.8. The predicted molar refractivity (Wildman–Crippen MR) is 131 cm³/mol. The molecule has 6 nitrogen and oxygen atoms in total. The van der Waals surface area contributed by atoms with Crippen molar-refractivity contribution in [3.63, 3.8) is 0 Å². The van der Waals surface area contributed by atoms with Crippen LogP contribution in [0.5, 0.6) is 0 Å². The van der Waals surface area contributed by atoms with E-state index in [9.17, 15) is 4.79 Å². The Morgan fingerprint density at radius 3 is 3.06 bits per heavy atom. The fourth-order valence-corrected chi connectivity index (χ4v) is 5.65. The van der Waals surface area contributed by atoms with Gasteiger partial charge in [0.05, 0.1) is 17.3 Å². The van der Waals surface area contributed by atoms with Crippen LogP contribution in [0.25, 0.3) is 10.7 Å². The summed E-state index contributed by atoms with van der Waals surface area (Å²) in [6.45, 7) is 2.96. The van der Waals surface area contributed by atoms with Gasteiger partial charge >= 0.3 is 0 Å². The third-order valence-corrected chi connectivity index (χ3v) is 7.75. The summed E-state index contributed by atoms with van der Waals surface area (Å²) in [7, 11) is 0. The molecule has 1 saturated heterocycles. The number of nitrogens with zero attached hydrogens (tertiary/aromatic N) is 3. The van der Waals surface area contributed by atoms with Gasteiger partial charge in [0.25, 0.3) is 0 Å². The molecule has 0 radical (unpaired) electrons. The standard InChI is InChI=1S/C23H27ClN4O2S2/c24-19-8-2-1-6-18(19)16-31-12-5-10-25-23(29)17-7-3-11-28(14-17)15-21-26-22(27-30-21)20-9-4-13-32-20/h1-2,4,6,8-9,13,17H,3,5,7,10-12,14-16H2,(H,25,29). The number of likely N-dealkylation sites (tertiary alicyclic amines) is 1. The van der Waals surface area contributed by atoms with Crippen molar-refractivity contribution in [3.8, 4) is 10.7 Å². The van der Waals surface area contributed by atoms with Crippen LogP contribution in [-0.2, 0) is 17.1 Å². The predicted octanol–water partition coefficient (Wildman–Crippen LogP) is 5.10. The summed E-state index contributed by atoms with van der Waals surface area (Å²) >= 11 is 9.63. The second kappa shape index (κ2) is 11.8. The van der Waals surface area contributed by atoms with Gasteiger partial charge in [-0.15, -0.1) is 11.3 Å². The number of hydrogen-bond donors (Lipinski definition) is 1. The molecule has 3 aromatic rings. The Balaban J connectivity index is 1.15. The number of benzene rings is 1. The summed E-state index contributed by atoms with van der Waals surface area (Å²) < 4.78 is 5.42. The van der Waals surface area contributed by atoms with Crippen LogP contribution in [0.1, 0.15) is 30.7 Å². The van der Waals surface area contributed by atoms with Gasteiger partial charge in [-0.2, -0.15) is 16.7 Å². The van der Waals surface area contributed by atoms with Crippen molar-refractivity contribution in [3.05, 3.63) is 58.3 Å². The number of halogens is 1. The van der Waals surface area contributed by atoms with E-state index in [1.54, 1.807) is 11.3 Å². The summed E-state index contributed by atoms with van der Waals surface area (Å²) in [6.07, 6.45) is 2.87. The van der Waals surface area contributed by atoms with E-state index >= 15 is 0 Å². The van der Waals surface area contributed by atoms with Crippen molar-refractivity contribution >= 4 is 40.6 Å². The topological polar surface area (TPSA) is 71.3 Å². The highest BCUT2D eigenvalue weighted by Crippen LogP contribution is 2.23. The zero-order valence-electron chi connectivity index (χ0n) is 17.8. The smallest absolute Gasteiger partial charge is 0.241 e. The number of carbonyl (C=O) groups is 1. The van der Waals surface area contributed by atoms with E-state index < -0.39 is 0 Å². The minimum atomic E-state index is 0.0132. The molecule has 1 amide bonds. The first-order chi connectivity index (χ1) is 15.7. The Morgan fingerprint density at radius 2 is 2.22 bits per heavy atom. The lowest BCUT2D eigenvalue weighted by atomic mass is 9.97. The van der Waals surface area contributed by atoms with E-state index in [1.807, 2.05) is 47.5 Å². The Hall–Kier alpha value is -1.87. The van der Waals surface area contributed by atoms with Crippen LogP contribution >= 0.6 is 34.7 Å². The molecule has 0 bridgehead atoms. The summed E-state index contributed by atoms with van der Waals surface area (Å²) in [6, 6.07) is 11.9. The molecule has 3 heterocycles. The lowest BCUT2D eigenvalue weighted by Crippen LogP contribution is -2.43. The highest BCUT2D eigenvalue weighted by molar-refractivity contribution is 7.98. The lowest BCUT2D eigenvalue weighted by molar-refractivity contribution is -0.126. The Morgan fingerprint density at radius 1 is 1.31 bits per heavy atom. The maximum Gasteiger partial charge on any atom is 0.241 e. The molecule has 0 aliphatic carbocycles. The van der Waals surface area contributed by atoms with Gasteiger partial charge in [-0.25, -0.2) is 0 Å². The van der Waals surface area contributed by atoms with Crippen LogP contribution in [0, 0.1) is 5.92 Å². The molecule has 1 fully saturated rings. The first-order valence-corrected chi connectivity index (χ1v) is 13.3. The molecule has 1 aliphatic heterocycles. The van der Waals surface area contributed by atoms with E-state index in [1.165, 1.54) is 0 Å². The third kappa shape index (κ3) is 6.57. The number of amides is 1. The molecule has 9 heteroatoms. The van der Waals surface area contributed by atoms with Crippen molar-refractivity contribution in [1.29, 1.82) is 0 Å². The number of rotatable bonds is 10. The van der Waals surface area contributed by atoms with E-state index in [-0.39, 0.29) is 11.8 Å². The molecule has 1 unspecified atom stereocenters. The first-order valence-electron chi connectivity index (χ1n) is 10.9. The number of hydrogen-bond acceptors (Lipinski definition) is 7. The van der Waals surface area contributed by atoms with Gasteiger partial charge in [0.15, 0.2) is 0 Å². The van der Waals surface area contributed by atoms with E-state index in [2.05, 4.69) is 26.4 Å². The monoisotopic (exact) mass is 490 g/mol. The quantitative estimate of drug-likeness (QED) is 0.398. The molecule has 2 aromatic heterocycles. The summed E-state index contributed by atoms with van der Waals surface area (Å²) in [5, 5.41) is 10.0. The number of carbonyl (C=O) groups excluding carboxylic acids is 1. The molecule has 32 heavy (non-hydrogen) atoms. The minimum absolute atomic E-state index is 0.0132. The van der Waals surface area contributed by atoms with Crippen LogP contribution in [-0.4, -0.2) is 46.3 Å². The highest BCUT2D eigenvalue weighted by atomic mass is 35.5. The van der Waals surface area contributed by atoms with Crippen molar-refractivity contribution < 1.29 is 9.32 Å². The molecule has 0 saturated carbocycles. The number of thioether (sulfide) groups is 1. The maximum absolute atomic E-state index is 12.6. The molecular formula is C23H27ClN4O2S2. The first kappa shape index (κ1) is 23.3. The van der Waals surface area contributed by atoms with Gasteiger partial charge in [0, 0.05) is 23.9 Å². The Kier molecular flexibility index (Phi) is 8.62. The SMILES string of the molecule is O=C(NCCCSCc1ccccc1Cl)C1CCCN(Cc2nc(-c3cccs3)no2)C1. The van der Waals surface area contributed by atoms with Gasteiger partial charge < -0.3 is 9.84 Å². The van der Waals surface area contributed by atoms with Gasteiger partial charge in [0.1, 0.15) is 0 Å². The molecule has 4 rings (SSSR count). The van der Waals surface area contributed by atoms with Gasteiger partial charge in [-0.05, 0) is 54.6 Å². The molecule has 170 valence electrons. The molecule has 1 atom stereocenters. The van der Waals surface area contributed by atoms with Crippen LogP contribution in [0.2, 0.25) is 5.02 Å². The van der Waals surface area contributed by atoms with Gasteiger partial charge in [-0.1, -0.05) is 41.0 Å². The van der Waals surface area contributed by atoms with Crippen LogP contribution < -0.4 is 5.32 Å². The van der Waals surface area contributed by atoms with Crippen LogP contribution in [0.3, 0.4) is 0 Å².